The summed E-state index contributed by atoms with van der Waals surface area (Å²) >= 11 is 5.87. The van der Waals surface area contributed by atoms with Crippen LogP contribution >= 0.6 is 11.6 Å². The first kappa shape index (κ1) is 8.26. The highest BCUT2D eigenvalue weighted by atomic mass is 35.5. The Bertz CT molecular complexity index is 475. The molecule has 0 saturated heterocycles. The number of rotatable bonds is 1. The molecule has 1 N–H and O–H groups in total. The van der Waals surface area contributed by atoms with E-state index < -0.39 is 0 Å². The molecule has 0 fully saturated rings. The molecule has 2 heterocycles. The topological polar surface area (TPSA) is 45.8 Å². The van der Waals surface area contributed by atoms with Gasteiger partial charge in [0.05, 0.1) is 16.2 Å². The van der Waals surface area contributed by atoms with Gasteiger partial charge in [-0.2, -0.15) is 0 Å². The second-order valence-corrected chi connectivity index (χ2v) is 3.23. The van der Waals surface area contributed by atoms with Crippen LogP contribution in [-0.2, 0) is 0 Å². The second-order valence-electron chi connectivity index (χ2n) is 2.82. The summed E-state index contributed by atoms with van der Waals surface area (Å²) < 4.78 is 0. The van der Waals surface area contributed by atoms with Crippen LogP contribution in [0.15, 0.2) is 18.5 Å². The molecule has 0 aromatic carbocycles. The predicted molar refractivity (Wildman–Crippen MR) is 51.1 cm³/mol. The normalized spacial score (nSPS) is 10.6. The van der Waals surface area contributed by atoms with Gasteiger partial charge in [0.1, 0.15) is 0 Å². The Kier molecular flexibility index (Phi) is 1.81. The molecule has 0 unspecified atom stereocenters. The Morgan fingerprint density at radius 1 is 1.54 bits per heavy atom. The van der Waals surface area contributed by atoms with E-state index >= 15 is 0 Å². The minimum atomic E-state index is -0.00716. The standard InChI is InChI=1S/C9H7ClN2O/c1-5(13)8-2-6-3-11-4-7(10)9(6)12-8/h2-4,12H,1H3. The van der Waals surface area contributed by atoms with Crippen LogP contribution in [0, 0.1) is 0 Å². The Hall–Kier alpha value is -1.35. The van der Waals surface area contributed by atoms with Crippen molar-refractivity contribution in [2.75, 3.05) is 0 Å². The average molecular weight is 195 g/mol. The van der Waals surface area contributed by atoms with Crippen LogP contribution in [0.4, 0.5) is 0 Å². The number of nitrogens with one attached hydrogen (secondary N) is 1. The SMILES string of the molecule is CC(=O)c1cc2cncc(Cl)c2[nH]1. The third-order valence-corrected chi connectivity index (χ3v) is 2.15. The van der Waals surface area contributed by atoms with Crippen molar-refractivity contribution in [1.82, 2.24) is 9.97 Å². The van der Waals surface area contributed by atoms with Crippen molar-refractivity contribution >= 4 is 28.3 Å². The Balaban J connectivity index is 2.75. The summed E-state index contributed by atoms with van der Waals surface area (Å²) in [5.41, 5.74) is 1.33. The van der Waals surface area contributed by atoms with E-state index in [1.807, 2.05) is 0 Å². The van der Waals surface area contributed by atoms with E-state index in [2.05, 4.69) is 9.97 Å². The number of ketones is 1. The number of Topliss-reactive ketones (excluding diaryl/α,β-unsaturated/α-hetero) is 1. The van der Waals surface area contributed by atoms with Gasteiger partial charge >= 0.3 is 0 Å². The Morgan fingerprint density at radius 2 is 2.31 bits per heavy atom. The molecule has 0 bridgehead atoms. The van der Waals surface area contributed by atoms with Gasteiger partial charge in [0.25, 0.3) is 0 Å². The summed E-state index contributed by atoms with van der Waals surface area (Å²) in [5.74, 6) is -0.00716. The third kappa shape index (κ3) is 1.31. The molecular formula is C9H7ClN2O. The first-order valence-electron chi connectivity index (χ1n) is 3.81. The van der Waals surface area contributed by atoms with Crippen LogP contribution in [0.25, 0.3) is 10.9 Å². The Labute approximate surface area is 79.7 Å². The van der Waals surface area contributed by atoms with Crippen LogP contribution in [0.1, 0.15) is 17.4 Å². The number of hydrogen-bond donors (Lipinski definition) is 1. The summed E-state index contributed by atoms with van der Waals surface area (Å²) in [6, 6.07) is 1.75. The van der Waals surface area contributed by atoms with Crippen molar-refractivity contribution in [3.8, 4) is 0 Å². The maximum absolute atomic E-state index is 11.0. The van der Waals surface area contributed by atoms with Crippen molar-refractivity contribution in [1.29, 1.82) is 0 Å². The van der Waals surface area contributed by atoms with E-state index in [-0.39, 0.29) is 5.78 Å². The number of H-pyrrole nitrogens is 1. The van der Waals surface area contributed by atoms with Crippen LogP contribution in [-0.4, -0.2) is 15.8 Å². The number of halogens is 1. The lowest BCUT2D eigenvalue weighted by molar-refractivity contribution is 0.101. The molecule has 4 heteroatoms. The van der Waals surface area contributed by atoms with Crippen molar-refractivity contribution in [2.45, 2.75) is 6.92 Å². The zero-order valence-electron chi connectivity index (χ0n) is 6.97. The minimum absolute atomic E-state index is 0.00716. The van der Waals surface area contributed by atoms with Crippen LogP contribution in [0.5, 0.6) is 0 Å². The number of aromatic amines is 1. The molecule has 0 amide bonds. The monoisotopic (exact) mass is 194 g/mol. The molecule has 66 valence electrons. The van der Waals surface area contributed by atoms with Crippen LogP contribution in [0.2, 0.25) is 5.02 Å². The molecule has 0 saturated carbocycles. The number of pyridine rings is 1. The van der Waals surface area contributed by atoms with Gasteiger partial charge in [-0.1, -0.05) is 11.6 Å². The molecular weight excluding hydrogens is 188 g/mol. The molecule has 0 aliphatic carbocycles. The maximum atomic E-state index is 11.0. The average Bonchev–Trinajstić information content (AvgIpc) is 2.49. The lowest BCUT2D eigenvalue weighted by Gasteiger charge is -1.90. The van der Waals surface area contributed by atoms with Gasteiger partial charge in [-0.3, -0.25) is 9.78 Å². The van der Waals surface area contributed by atoms with E-state index in [4.69, 9.17) is 11.6 Å². The summed E-state index contributed by atoms with van der Waals surface area (Å²) in [4.78, 5) is 17.9. The summed E-state index contributed by atoms with van der Waals surface area (Å²) in [7, 11) is 0. The molecule has 0 atom stereocenters. The first-order chi connectivity index (χ1) is 6.18. The van der Waals surface area contributed by atoms with E-state index in [0.717, 1.165) is 10.9 Å². The zero-order chi connectivity index (χ0) is 9.42. The van der Waals surface area contributed by atoms with E-state index in [1.54, 1.807) is 18.5 Å². The summed E-state index contributed by atoms with van der Waals surface area (Å²) in [5, 5.41) is 1.39. The van der Waals surface area contributed by atoms with Crippen LogP contribution in [0.3, 0.4) is 0 Å². The highest BCUT2D eigenvalue weighted by Crippen LogP contribution is 2.21. The highest BCUT2D eigenvalue weighted by molar-refractivity contribution is 6.35. The van der Waals surface area contributed by atoms with Crippen molar-refractivity contribution in [3.05, 3.63) is 29.2 Å². The predicted octanol–water partition coefficient (Wildman–Crippen LogP) is 2.42. The Morgan fingerprint density at radius 3 is 2.92 bits per heavy atom. The molecule has 0 spiro atoms. The number of fused-ring (bicyclic) bond motifs is 1. The first-order valence-corrected chi connectivity index (χ1v) is 4.19. The molecule has 2 aromatic rings. The molecule has 0 radical (unpaired) electrons. The fraction of sp³-hybridized carbons (Fsp3) is 0.111. The van der Waals surface area contributed by atoms with Gasteiger partial charge in [-0.15, -0.1) is 0 Å². The van der Waals surface area contributed by atoms with E-state index in [1.165, 1.54) is 6.92 Å². The summed E-state index contributed by atoms with van der Waals surface area (Å²) in [6.07, 6.45) is 3.22. The molecule has 13 heavy (non-hydrogen) atoms. The largest absolute Gasteiger partial charge is 0.351 e. The van der Waals surface area contributed by atoms with Gasteiger partial charge in [-0.05, 0) is 6.07 Å². The van der Waals surface area contributed by atoms with Gasteiger partial charge in [0.2, 0.25) is 0 Å². The van der Waals surface area contributed by atoms with Gasteiger partial charge in [0, 0.05) is 24.7 Å². The highest BCUT2D eigenvalue weighted by Gasteiger charge is 2.06. The molecule has 0 aliphatic heterocycles. The number of aromatic nitrogens is 2. The lowest BCUT2D eigenvalue weighted by Crippen LogP contribution is -1.89. The smallest absolute Gasteiger partial charge is 0.175 e. The van der Waals surface area contributed by atoms with E-state index in [9.17, 15) is 4.79 Å². The maximum Gasteiger partial charge on any atom is 0.175 e. The van der Waals surface area contributed by atoms with Gasteiger partial charge in [0.15, 0.2) is 5.78 Å². The van der Waals surface area contributed by atoms with E-state index in [0.29, 0.717) is 10.7 Å². The van der Waals surface area contributed by atoms with Crippen molar-refractivity contribution < 1.29 is 4.79 Å². The lowest BCUT2D eigenvalue weighted by atomic mass is 10.3. The van der Waals surface area contributed by atoms with Crippen molar-refractivity contribution in [2.24, 2.45) is 0 Å². The number of carbonyl (C=O) groups is 1. The fourth-order valence-corrected chi connectivity index (χ4v) is 1.42. The second kappa shape index (κ2) is 2.85. The molecule has 2 rings (SSSR count). The molecule has 2 aromatic heterocycles. The van der Waals surface area contributed by atoms with Crippen molar-refractivity contribution in [3.63, 3.8) is 0 Å². The van der Waals surface area contributed by atoms with Gasteiger partial charge in [-0.25, -0.2) is 0 Å². The zero-order valence-corrected chi connectivity index (χ0v) is 7.72. The number of carbonyl (C=O) groups excluding carboxylic acids is 1. The van der Waals surface area contributed by atoms with Crippen LogP contribution < -0.4 is 0 Å². The number of nitrogens with zero attached hydrogens (tertiary/aromatic N) is 1. The number of hydrogen-bond acceptors (Lipinski definition) is 2. The quantitative estimate of drug-likeness (QED) is 0.709. The molecule has 3 nitrogen and oxygen atoms in total. The fourth-order valence-electron chi connectivity index (χ4n) is 1.21. The minimum Gasteiger partial charge on any atom is -0.351 e. The van der Waals surface area contributed by atoms with Gasteiger partial charge < -0.3 is 4.98 Å². The third-order valence-electron chi connectivity index (χ3n) is 1.87. The molecule has 0 aliphatic rings. The summed E-state index contributed by atoms with van der Waals surface area (Å²) in [6.45, 7) is 1.51.